The van der Waals surface area contributed by atoms with Crippen LogP contribution in [-0.2, 0) is 9.53 Å². The summed E-state index contributed by atoms with van der Waals surface area (Å²) in [5.41, 5.74) is 7.36. The number of anilines is 2. The first-order valence-electron chi connectivity index (χ1n) is 5.68. The van der Waals surface area contributed by atoms with Gasteiger partial charge < -0.3 is 20.5 Å². The number of esters is 1. The molecule has 0 aromatic heterocycles. The number of carbonyl (C=O) groups excluding carboxylic acids is 1. The van der Waals surface area contributed by atoms with E-state index in [4.69, 9.17) is 15.2 Å². The minimum absolute atomic E-state index is 0.0975. The number of rotatable bonds is 3. The second-order valence-electron chi connectivity index (χ2n) is 4.15. The molecule has 1 aromatic carbocycles. The van der Waals surface area contributed by atoms with Crippen LogP contribution in [0.1, 0.15) is 13.3 Å². The number of nitrogens with two attached hydrogens (primary N) is 1. The number of nitrogen functional groups attached to an aromatic ring is 1. The molecule has 1 atom stereocenters. The summed E-state index contributed by atoms with van der Waals surface area (Å²) in [5, 5.41) is 3.30. The molecule has 3 N–H and O–H groups in total. The highest BCUT2D eigenvalue weighted by molar-refractivity contribution is 9.10. The van der Waals surface area contributed by atoms with Crippen LogP contribution in [0.15, 0.2) is 16.6 Å². The van der Waals surface area contributed by atoms with E-state index in [1.54, 1.807) is 0 Å². The number of halogens is 1. The van der Waals surface area contributed by atoms with Crippen molar-refractivity contribution in [3.05, 3.63) is 16.6 Å². The van der Waals surface area contributed by atoms with E-state index >= 15 is 0 Å². The van der Waals surface area contributed by atoms with Gasteiger partial charge in [0, 0.05) is 17.8 Å². The van der Waals surface area contributed by atoms with E-state index in [0.717, 1.165) is 15.9 Å². The van der Waals surface area contributed by atoms with Gasteiger partial charge in [0.1, 0.15) is 18.0 Å². The van der Waals surface area contributed by atoms with Gasteiger partial charge in [0.2, 0.25) is 0 Å². The second kappa shape index (κ2) is 5.48. The van der Waals surface area contributed by atoms with Crippen molar-refractivity contribution in [3.8, 4) is 5.75 Å². The van der Waals surface area contributed by atoms with Gasteiger partial charge in [0.15, 0.2) is 0 Å². The van der Waals surface area contributed by atoms with Gasteiger partial charge in [-0.3, -0.25) is 4.79 Å². The van der Waals surface area contributed by atoms with Crippen LogP contribution in [0.25, 0.3) is 0 Å². The maximum Gasteiger partial charge on any atom is 0.302 e. The van der Waals surface area contributed by atoms with E-state index in [-0.39, 0.29) is 12.0 Å². The van der Waals surface area contributed by atoms with E-state index < -0.39 is 0 Å². The Morgan fingerprint density at radius 2 is 2.44 bits per heavy atom. The van der Waals surface area contributed by atoms with Crippen molar-refractivity contribution in [1.29, 1.82) is 0 Å². The van der Waals surface area contributed by atoms with E-state index in [9.17, 15) is 4.79 Å². The second-order valence-corrected chi connectivity index (χ2v) is 5.06. The van der Waals surface area contributed by atoms with Crippen LogP contribution in [-0.4, -0.2) is 25.2 Å². The fraction of sp³-hybridized carbons (Fsp3) is 0.417. The normalized spacial score (nSPS) is 17.3. The third kappa shape index (κ3) is 3.07. The van der Waals surface area contributed by atoms with E-state index in [1.807, 2.05) is 12.1 Å². The highest BCUT2D eigenvalue weighted by atomic mass is 79.9. The molecule has 0 saturated carbocycles. The summed E-state index contributed by atoms with van der Waals surface area (Å²) in [6.07, 6.45) is 0.689. The summed E-state index contributed by atoms with van der Waals surface area (Å²) in [6.45, 7) is 2.31. The van der Waals surface area contributed by atoms with Crippen molar-refractivity contribution in [2.24, 2.45) is 0 Å². The van der Waals surface area contributed by atoms with E-state index in [1.165, 1.54) is 6.92 Å². The lowest BCUT2D eigenvalue weighted by Gasteiger charge is -2.28. The fourth-order valence-electron chi connectivity index (χ4n) is 1.81. The Morgan fingerprint density at radius 3 is 3.17 bits per heavy atom. The molecule has 5 nitrogen and oxygen atoms in total. The maximum atomic E-state index is 10.7. The minimum Gasteiger partial charge on any atom is -0.489 e. The molecule has 1 aliphatic rings. The summed E-state index contributed by atoms with van der Waals surface area (Å²) >= 11 is 3.37. The summed E-state index contributed by atoms with van der Waals surface area (Å²) in [5.74, 6) is 0.473. The fourth-order valence-corrected chi connectivity index (χ4v) is 2.26. The molecule has 0 saturated heterocycles. The largest absolute Gasteiger partial charge is 0.489 e. The first kappa shape index (κ1) is 13.0. The summed E-state index contributed by atoms with van der Waals surface area (Å²) < 4.78 is 11.4. The van der Waals surface area contributed by atoms with Gasteiger partial charge in [-0.25, -0.2) is 0 Å². The lowest BCUT2D eigenvalue weighted by molar-refractivity contribution is -0.141. The summed E-state index contributed by atoms with van der Waals surface area (Å²) in [6, 6.07) is 3.80. The Balaban J connectivity index is 1.99. The van der Waals surface area contributed by atoms with Gasteiger partial charge in [-0.05, 0) is 12.1 Å². The summed E-state index contributed by atoms with van der Waals surface area (Å²) in [4.78, 5) is 10.7. The molecule has 1 heterocycles. The zero-order chi connectivity index (χ0) is 13.1. The molecule has 98 valence electrons. The standard InChI is InChI=1S/C12H15BrN2O3/c1-7(16)17-3-2-9-6-18-11-5-8(13)4-10(14)12(11)15-9/h4-5,9,15H,2-3,6,14H2,1H3. The van der Waals surface area contributed by atoms with E-state index in [2.05, 4.69) is 21.2 Å². The van der Waals surface area contributed by atoms with Crippen molar-refractivity contribution in [3.63, 3.8) is 0 Å². The van der Waals surface area contributed by atoms with Gasteiger partial charge in [0.05, 0.1) is 18.3 Å². The highest BCUT2D eigenvalue weighted by Gasteiger charge is 2.21. The monoisotopic (exact) mass is 314 g/mol. The average molecular weight is 315 g/mol. The van der Waals surface area contributed by atoms with Crippen LogP contribution < -0.4 is 15.8 Å². The van der Waals surface area contributed by atoms with Gasteiger partial charge >= 0.3 is 5.97 Å². The number of benzene rings is 1. The lowest BCUT2D eigenvalue weighted by atomic mass is 10.1. The molecule has 6 heteroatoms. The van der Waals surface area contributed by atoms with Gasteiger partial charge in [0.25, 0.3) is 0 Å². The lowest BCUT2D eigenvalue weighted by Crippen LogP contribution is -2.33. The molecule has 2 rings (SSSR count). The van der Waals surface area contributed by atoms with Gasteiger partial charge in [-0.1, -0.05) is 15.9 Å². The Labute approximate surface area is 114 Å². The first-order valence-corrected chi connectivity index (χ1v) is 6.47. The molecule has 0 amide bonds. The molecular formula is C12H15BrN2O3. The zero-order valence-electron chi connectivity index (χ0n) is 10.0. The number of carbonyl (C=O) groups is 1. The van der Waals surface area contributed by atoms with E-state index in [0.29, 0.717) is 25.3 Å². The predicted octanol–water partition coefficient (Wildman–Crippen LogP) is 2.16. The predicted molar refractivity (Wildman–Crippen MR) is 72.7 cm³/mol. The van der Waals surface area contributed by atoms with Crippen molar-refractivity contribution < 1.29 is 14.3 Å². The van der Waals surface area contributed by atoms with Crippen LogP contribution >= 0.6 is 15.9 Å². The molecule has 0 bridgehead atoms. The SMILES string of the molecule is CC(=O)OCCC1COc2cc(Br)cc(N)c2N1. The maximum absolute atomic E-state index is 10.7. The third-order valence-electron chi connectivity index (χ3n) is 2.66. The Kier molecular flexibility index (Phi) is 3.96. The van der Waals surface area contributed by atoms with Gasteiger partial charge in [-0.15, -0.1) is 0 Å². The summed E-state index contributed by atoms with van der Waals surface area (Å²) in [7, 11) is 0. The van der Waals surface area contributed by atoms with Crippen LogP contribution in [0.3, 0.4) is 0 Å². The van der Waals surface area contributed by atoms with Crippen molar-refractivity contribution >= 4 is 33.3 Å². The molecule has 18 heavy (non-hydrogen) atoms. The molecular weight excluding hydrogens is 300 g/mol. The van der Waals surface area contributed by atoms with Crippen molar-refractivity contribution in [2.45, 2.75) is 19.4 Å². The number of ether oxygens (including phenoxy) is 2. The average Bonchev–Trinajstić information content (AvgIpc) is 2.29. The van der Waals surface area contributed by atoms with Crippen molar-refractivity contribution in [2.75, 3.05) is 24.3 Å². The molecule has 0 aliphatic carbocycles. The molecule has 1 unspecified atom stereocenters. The topological polar surface area (TPSA) is 73.6 Å². The van der Waals surface area contributed by atoms with Crippen LogP contribution in [0.4, 0.5) is 11.4 Å². The number of fused-ring (bicyclic) bond motifs is 1. The van der Waals surface area contributed by atoms with Crippen LogP contribution in [0.5, 0.6) is 5.75 Å². The Morgan fingerprint density at radius 1 is 1.67 bits per heavy atom. The van der Waals surface area contributed by atoms with Crippen molar-refractivity contribution in [1.82, 2.24) is 0 Å². The minimum atomic E-state index is -0.268. The van der Waals surface area contributed by atoms with Gasteiger partial charge in [-0.2, -0.15) is 0 Å². The third-order valence-corrected chi connectivity index (χ3v) is 3.12. The molecule has 0 radical (unpaired) electrons. The first-order chi connectivity index (χ1) is 8.56. The Hall–Kier alpha value is -1.43. The number of nitrogens with one attached hydrogen (secondary N) is 1. The van der Waals surface area contributed by atoms with Crippen LogP contribution in [0, 0.1) is 0 Å². The molecule has 1 aromatic rings. The Bertz CT molecular complexity index is 465. The smallest absolute Gasteiger partial charge is 0.302 e. The molecule has 0 fully saturated rings. The molecule has 1 aliphatic heterocycles. The van der Waals surface area contributed by atoms with Crippen LogP contribution in [0.2, 0.25) is 0 Å². The highest BCUT2D eigenvalue weighted by Crippen LogP contribution is 2.37. The molecule has 0 spiro atoms. The number of hydrogen-bond acceptors (Lipinski definition) is 5. The number of hydrogen-bond donors (Lipinski definition) is 2. The quantitative estimate of drug-likeness (QED) is 0.660. The zero-order valence-corrected chi connectivity index (χ0v) is 11.6.